The zero-order valence-corrected chi connectivity index (χ0v) is 15.5. The van der Waals surface area contributed by atoms with E-state index >= 15 is 0 Å². The fourth-order valence-corrected chi connectivity index (χ4v) is 4.54. The van der Waals surface area contributed by atoms with E-state index in [1.807, 2.05) is 0 Å². The summed E-state index contributed by atoms with van der Waals surface area (Å²) < 4.78 is 5.34. The summed E-state index contributed by atoms with van der Waals surface area (Å²) in [4.78, 5) is 2.32. The molecule has 0 amide bonds. The van der Waals surface area contributed by atoms with Crippen molar-refractivity contribution < 1.29 is 4.74 Å². The molecule has 4 rings (SSSR count). The molecule has 0 spiro atoms. The molecule has 0 saturated heterocycles. The number of fused-ring (bicyclic) bond motifs is 3. The molecule has 0 N–H and O–H groups in total. The van der Waals surface area contributed by atoms with Gasteiger partial charge >= 0.3 is 0 Å². The Morgan fingerprint density at radius 1 is 1.00 bits per heavy atom. The molecule has 0 heterocycles. The largest absolute Gasteiger partial charge is 0.497 e. The molecular formula is C21H26ClNO. The first kappa shape index (κ1) is 17.3. The van der Waals surface area contributed by atoms with Gasteiger partial charge in [-0.1, -0.05) is 18.2 Å². The van der Waals surface area contributed by atoms with Crippen LogP contribution < -0.4 is 4.74 Å². The van der Waals surface area contributed by atoms with Gasteiger partial charge in [0, 0.05) is 6.54 Å². The second-order valence-electron chi connectivity index (χ2n) is 7.31. The van der Waals surface area contributed by atoms with Crippen molar-refractivity contribution in [2.75, 3.05) is 27.7 Å². The number of hydrogen-bond acceptors (Lipinski definition) is 2. The van der Waals surface area contributed by atoms with Crippen LogP contribution in [-0.4, -0.2) is 32.6 Å². The van der Waals surface area contributed by atoms with Crippen molar-refractivity contribution in [1.29, 1.82) is 0 Å². The number of benzene rings is 2. The summed E-state index contributed by atoms with van der Waals surface area (Å²) in [6, 6.07) is 13.3. The molecular weight excluding hydrogens is 318 g/mol. The van der Waals surface area contributed by atoms with Crippen LogP contribution in [0.4, 0.5) is 0 Å². The molecule has 2 aliphatic rings. The van der Waals surface area contributed by atoms with Gasteiger partial charge in [0.25, 0.3) is 0 Å². The third-order valence-corrected chi connectivity index (χ3v) is 5.52. The second-order valence-corrected chi connectivity index (χ2v) is 7.31. The van der Waals surface area contributed by atoms with E-state index < -0.39 is 0 Å². The molecule has 2 aromatic carbocycles. The Balaban J connectivity index is 0.00000169. The van der Waals surface area contributed by atoms with E-state index in [9.17, 15) is 0 Å². The van der Waals surface area contributed by atoms with Crippen LogP contribution in [0.5, 0.6) is 5.75 Å². The lowest BCUT2D eigenvalue weighted by Crippen LogP contribution is -2.19. The number of nitrogens with zero attached hydrogens (tertiary/aromatic N) is 1. The molecule has 0 aliphatic heterocycles. The number of ether oxygens (including phenoxy) is 1. The van der Waals surface area contributed by atoms with E-state index in [1.165, 1.54) is 35.6 Å². The van der Waals surface area contributed by atoms with Crippen LogP contribution in [0.1, 0.15) is 24.8 Å². The summed E-state index contributed by atoms with van der Waals surface area (Å²) in [5.74, 6) is 2.53. The zero-order chi connectivity index (χ0) is 16.0. The molecule has 0 aromatic heterocycles. The maximum atomic E-state index is 5.34. The van der Waals surface area contributed by atoms with Gasteiger partial charge in [-0.2, -0.15) is 0 Å². The minimum Gasteiger partial charge on any atom is -0.497 e. The van der Waals surface area contributed by atoms with Gasteiger partial charge in [0.05, 0.1) is 7.11 Å². The molecule has 2 nitrogen and oxygen atoms in total. The molecule has 2 atom stereocenters. The summed E-state index contributed by atoms with van der Waals surface area (Å²) in [5.41, 5.74) is 4.78. The SMILES string of the molecule is COc1ccc2cc(C3=C(CN(C)C)C4CCC3C4)ccc2c1.Cl. The van der Waals surface area contributed by atoms with Gasteiger partial charge in [0.1, 0.15) is 5.75 Å². The van der Waals surface area contributed by atoms with Crippen LogP contribution in [0.2, 0.25) is 0 Å². The minimum absolute atomic E-state index is 0. The monoisotopic (exact) mass is 343 g/mol. The summed E-state index contributed by atoms with van der Waals surface area (Å²) in [6.07, 6.45) is 4.14. The van der Waals surface area contributed by atoms with E-state index in [0.717, 1.165) is 24.1 Å². The molecule has 2 unspecified atom stereocenters. The lowest BCUT2D eigenvalue weighted by atomic mass is 9.86. The minimum atomic E-state index is 0. The fraction of sp³-hybridized carbons (Fsp3) is 0.429. The van der Waals surface area contributed by atoms with Crippen LogP contribution in [0.15, 0.2) is 42.0 Å². The van der Waals surface area contributed by atoms with Crippen LogP contribution >= 0.6 is 12.4 Å². The van der Waals surface area contributed by atoms with E-state index in [0.29, 0.717) is 0 Å². The predicted octanol–water partition coefficient (Wildman–Crippen LogP) is 5.02. The van der Waals surface area contributed by atoms with E-state index in [1.54, 1.807) is 18.3 Å². The smallest absolute Gasteiger partial charge is 0.119 e. The highest BCUT2D eigenvalue weighted by atomic mass is 35.5. The summed E-state index contributed by atoms with van der Waals surface area (Å²) in [6.45, 7) is 1.11. The first-order chi connectivity index (χ1) is 11.2. The van der Waals surface area contributed by atoms with E-state index in [-0.39, 0.29) is 12.4 Å². The normalized spacial score (nSPS) is 22.3. The van der Waals surface area contributed by atoms with Crippen molar-refractivity contribution in [3.63, 3.8) is 0 Å². The van der Waals surface area contributed by atoms with Crippen LogP contribution in [-0.2, 0) is 0 Å². The van der Waals surface area contributed by atoms with Crippen molar-refractivity contribution in [1.82, 2.24) is 4.90 Å². The highest BCUT2D eigenvalue weighted by Gasteiger charge is 2.39. The molecule has 3 heteroatoms. The summed E-state index contributed by atoms with van der Waals surface area (Å²) in [7, 11) is 6.09. The lowest BCUT2D eigenvalue weighted by molar-refractivity contribution is 0.415. The molecule has 24 heavy (non-hydrogen) atoms. The van der Waals surface area contributed by atoms with Gasteiger partial charge in [-0.15, -0.1) is 12.4 Å². The quantitative estimate of drug-likeness (QED) is 0.773. The van der Waals surface area contributed by atoms with Crippen molar-refractivity contribution in [3.05, 3.63) is 47.5 Å². The lowest BCUT2D eigenvalue weighted by Gasteiger charge is -2.23. The topological polar surface area (TPSA) is 12.5 Å². The summed E-state index contributed by atoms with van der Waals surface area (Å²) >= 11 is 0. The molecule has 1 saturated carbocycles. The number of methoxy groups -OCH3 is 1. The fourth-order valence-electron chi connectivity index (χ4n) is 4.54. The number of halogens is 1. The van der Waals surface area contributed by atoms with Gasteiger partial charge in [-0.05, 0) is 90.9 Å². The molecule has 0 radical (unpaired) electrons. The first-order valence-corrected chi connectivity index (χ1v) is 8.61. The molecule has 2 aromatic rings. The van der Waals surface area contributed by atoms with Crippen LogP contribution in [0.25, 0.3) is 16.3 Å². The third-order valence-electron chi connectivity index (χ3n) is 5.52. The van der Waals surface area contributed by atoms with Crippen molar-refractivity contribution >= 4 is 28.8 Å². The Morgan fingerprint density at radius 3 is 2.46 bits per heavy atom. The maximum absolute atomic E-state index is 5.34. The molecule has 2 bridgehead atoms. The average molecular weight is 344 g/mol. The highest BCUT2D eigenvalue weighted by molar-refractivity contribution is 5.88. The zero-order valence-electron chi connectivity index (χ0n) is 14.7. The van der Waals surface area contributed by atoms with Gasteiger partial charge in [-0.3, -0.25) is 0 Å². The molecule has 1 fully saturated rings. The van der Waals surface area contributed by atoms with Gasteiger partial charge in [-0.25, -0.2) is 0 Å². The Morgan fingerprint density at radius 2 is 1.71 bits per heavy atom. The standard InChI is InChI=1S/C21H25NO.ClH/c1-22(2)13-20-16-5-7-18(11-16)21(20)17-6-4-15-12-19(23-3)9-8-14(15)10-17;/h4,6,8-10,12,16,18H,5,7,11,13H2,1-3H3;1H. The van der Waals surface area contributed by atoms with Gasteiger partial charge < -0.3 is 9.64 Å². The van der Waals surface area contributed by atoms with E-state index in [4.69, 9.17) is 4.74 Å². The Hall–Kier alpha value is -1.51. The van der Waals surface area contributed by atoms with Crippen LogP contribution in [0.3, 0.4) is 0 Å². The van der Waals surface area contributed by atoms with Crippen LogP contribution in [0, 0.1) is 11.8 Å². The Kier molecular flexibility index (Phi) is 4.89. The molecule has 2 aliphatic carbocycles. The second kappa shape index (κ2) is 6.78. The number of allylic oxidation sites excluding steroid dienone is 1. The van der Waals surface area contributed by atoms with Crippen molar-refractivity contribution in [3.8, 4) is 5.75 Å². The Bertz CT molecular complexity index is 781. The third kappa shape index (κ3) is 2.94. The Labute approximate surface area is 150 Å². The predicted molar refractivity (Wildman–Crippen MR) is 104 cm³/mol. The van der Waals surface area contributed by atoms with Gasteiger partial charge in [0.2, 0.25) is 0 Å². The van der Waals surface area contributed by atoms with Crippen molar-refractivity contribution in [2.24, 2.45) is 11.8 Å². The average Bonchev–Trinajstić information content (AvgIpc) is 3.14. The van der Waals surface area contributed by atoms with Gasteiger partial charge in [0.15, 0.2) is 0 Å². The van der Waals surface area contributed by atoms with E-state index in [2.05, 4.69) is 55.4 Å². The highest BCUT2D eigenvalue weighted by Crippen LogP contribution is 2.52. The summed E-state index contributed by atoms with van der Waals surface area (Å²) in [5, 5.41) is 2.56. The maximum Gasteiger partial charge on any atom is 0.119 e. The van der Waals surface area contributed by atoms with Crippen molar-refractivity contribution in [2.45, 2.75) is 19.3 Å². The first-order valence-electron chi connectivity index (χ1n) is 8.61. The number of rotatable bonds is 4. The number of likely N-dealkylation sites (N-methyl/N-ethyl adjacent to an activating group) is 1. The number of hydrogen-bond donors (Lipinski definition) is 0. The molecule has 128 valence electrons.